The number of pyridine rings is 2. The van der Waals surface area contributed by atoms with Crippen LogP contribution in [0.4, 0.5) is 0 Å². The van der Waals surface area contributed by atoms with Crippen LogP contribution in [0.2, 0.25) is 0 Å². The van der Waals surface area contributed by atoms with E-state index in [1.54, 1.807) is 62.9 Å². The monoisotopic (exact) mass is 445 g/mol. The van der Waals surface area contributed by atoms with Crippen LogP contribution in [0.3, 0.4) is 0 Å². The van der Waals surface area contributed by atoms with Gasteiger partial charge in [-0.05, 0) is 43.2 Å². The molecule has 3 aromatic heterocycles. The number of rotatable bonds is 4. The average molecular weight is 446 g/mol. The van der Waals surface area contributed by atoms with Crippen LogP contribution in [0.5, 0.6) is 0 Å². The molecule has 1 aliphatic heterocycles. The second-order valence-electron chi connectivity index (χ2n) is 7.34. The minimum Gasteiger partial charge on any atom is -0.460 e. The lowest BCUT2D eigenvalue weighted by Gasteiger charge is -2.25. The van der Waals surface area contributed by atoms with Crippen LogP contribution in [0.1, 0.15) is 30.9 Å². The number of thiazole rings is 1. The van der Waals surface area contributed by atoms with Gasteiger partial charge >= 0.3 is 5.97 Å². The number of nitrogens with two attached hydrogens (primary N) is 1. The maximum atomic E-state index is 13.2. The van der Waals surface area contributed by atoms with Crippen LogP contribution in [0, 0.1) is 11.3 Å². The van der Waals surface area contributed by atoms with Gasteiger partial charge in [-0.25, -0.2) is 4.79 Å². The fourth-order valence-electron chi connectivity index (χ4n) is 3.51. The molecule has 4 heterocycles. The highest BCUT2D eigenvalue weighted by Gasteiger charge is 2.36. The fourth-order valence-corrected chi connectivity index (χ4v) is 4.68. The summed E-state index contributed by atoms with van der Waals surface area (Å²) < 4.78 is 7.40. The maximum absolute atomic E-state index is 13.2. The van der Waals surface area contributed by atoms with Crippen LogP contribution in [-0.2, 0) is 9.53 Å². The van der Waals surface area contributed by atoms with Gasteiger partial charge in [0.1, 0.15) is 10.5 Å². The number of carbonyl (C=O) groups is 1. The molecule has 160 valence electrons. The quantitative estimate of drug-likeness (QED) is 0.596. The lowest BCUT2D eigenvalue weighted by Crippen LogP contribution is -2.40. The second-order valence-corrected chi connectivity index (χ2v) is 8.37. The largest absolute Gasteiger partial charge is 0.460 e. The normalized spacial score (nSPS) is 16.1. The predicted octanol–water partition coefficient (Wildman–Crippen LogP) is 1.08. The molecule has 1 unspecified atom stereocenters. The van der Waals surface area contributed by atoms with Gasteiger partial charge in [0, 0.05) is 24.8 Å². The molecule has 0 aromatic carbocycles. The number of fused-ring (bicyclic) bond motifs is 1. The average Bonchev–Trinajstić information content (AvgIpc) is 3.10. The lowest BCUT2D eigenvalue weighted by molar-refractivity contribution is -0.140. The van der Waals surface area contributed by atoms with Gasteiger partial charge in [-0.1, -0.05) is 12.1 Å². The van der Waals surface area contributed by atoms with E-state index in [2.05, 4.69) is 16.0 Å². The van der Waals surface area contributed by atoms with Crippen molar-refractivity contribution >= 4 is 34.8 Å². The highest BCUT2D eigenvalue weighted by Crippen LogP contribution is 2.36. The molecule has 0 fully saturated rings. The number of carbonyl (C=O) groups excluding carboxylic acids is 1. The maximum Gasteiger partial charge on any atom is 0.338 e. The van der Waals surface area contributed by atoms with Gasteiger partial charge in [0.25, 0.3) is 5.56 Å². The first kappa shape index (κ1) is 21.2. The van der Waals surface area contributed by atoms with E-state index in [9.17, 15) is 14.9 Å². The molecule has 4 rings (SSSR count). The molecule has 8 nitrogen and oxygen atoms in total. The molecule has 1 aliphatic rings. The fraction of sp³-hybridized carbons (Fsp3) is 0.174. The van der Waals surface area contributed by atoms with Crippen LogP contribution >= 0.6 is 11.3 Å². The summed E-state index contributed by atoms with van der Waals surface area (Å²) in [4.78, 5) is 34.7. The van der Waals surface area contributed by atoms with E-state index in [0.29, 0.717) is 14.8 Å². The highest BCUT2D eigenvalue weighted by molar-refractivity contribution is 7.07. The smallest absolute Gasteiger partial charge is 0.338 e. The molecule has 3 aromatic rings. The van der Waals surface area contributed by atoms with Crippen molar-refractivity contribution in [1.82, 2.24) is 14.5 Å². The van der Waals surface area contributed by atoms with Crippen LogP contribution in [0.25, 0.3) is 17.5 Å². The molecule has 0 bridgehead atoms. The lowest BCUT2D eigenvalue weighted by atomic mass is 9.84. The Balaban J connectivity index is 2.10. The van der Waals surface area contributed by atoms with E-state index in [-0.39, 0.29) is 23.1 Å². The molecule has 2 N–H and O–H groups in total. The van der Waals surface area contributed by atoms with Gasteiger partial charge in [-0.15, -0.1) is 11.3 Å². The number of nitriles is 1. The molecule has 0 aliphatic carbocycles. The van der Waals surface area contributed by atoms with Gasteiger partial charge in [0.05, 0.1) is 33.8 Å². The van der Waals surface area contributed by atoms with Gasteiger partial charge in [-0.2, -0.15) is 5.26 Å². The van der Waals surface area contributed by atoms with Crippen molar-refractivity contribution in [2.45, 2.75) is 25.9 Å². The summed E-state index contributed by atoms with van der Waals surface area (Å²) in [6.07, 6.45) is 7.71. The Labute approximate surface area is 187 Å². The molecule has 0 amide bonds. The van der Waals surface area contributed by atoms with Gasteiger partial charge in [0.15, 0.2) is 0 Å². The third-order valence-electron chi connectivity index (χ3n) is 4.83. The summed E-state index contributed by atoms with van der Waals surface area (Å²) in [5.74, 6) is -1.43. The molecule has 0 radical (unpaired) electrons. The van der Waals surface area contributed by atoms with E-state index in [0.717, 1.165) is 16.9 Å². The van der Waals surface area contributed by atoms with Gasteiger partial charge in [-0.3, -0.25) is 19.3 Å². The number of allylic oxidation sites excluding steroid dienone is 1. The van der Waals surface area contributed by atoms with Gasteiger partial charge < -0.3 is 10.5 Å². The summed E-state index contributed by atoms with van der Waals surface area (Å²) in [7, 11) is 0. The topological polar surface area (TPSA) is 124 Å². The Hall–Kier alpha value is -4.03. The molecule has 0 saturated heterocycles. The Morgan fingerprint density at radius 2 is 2.00 bits per heavy atom. The number of hydrogen-bond acceptors (Lipinski definition) is 8. The minimum atomic E-state index is -0.802. The summed E-state index contributed by atoms with van der Waals surface area (Å²) in [5.41, 5.74) is 7.50. The number of aromatic nitrogens is 3. The van der Waals surface area contributed by atoms with Crippen LogP contribution < -0.4 is 20.5 Å². The molecule has 1 atom stereocenters. The third-order valence-corrected chi connectivity index (χ3v) is 5.94. The number of ether oxygens (including phenoxy) is 1. The summed E-state index contributed by atoms with van der Waals surface area (Å²) >= 11 is 1.12. The Morgan fingerprint density at radius 1 is 1.28 bits per heavy atom. The van der Waals surface area contributed by atoms with Gasteiger partial charge in [0.2, 0.25) is 0 Å². The van der Waals surface area contributed by atoms with Crippen molar-refractivity contribution in [3.05, 3.63) is 85.3 Å². The summed E-state index contributed by atoms with van der Waals surface area (Å²) in [6, 6.07) is 9.13. The van der Waals surface area contributed by atoms with Crippen molar-refractivity contribution in [2.75, 3.05) is 0 Å². The predicted molar refractivity (Wildman–Crippen MR) is 120 cm³/mol. The van der Waals surface area contributed by atoms with Crippen LogP contribution in [0.15, 0.2) is 59.4 Å². The van der Waals surface area contributed by atoms with E-state index in [1.165, 1.54) is 4.57 Å². The van der Waals surface area contributed by atoms with Crippen LogP contribution in [-0.4, -0.2) is 26.6 Å². The molecule has 9 heteroatoms. The SMILES string of the molecule is CC(C)OC(=O)C1=c2s/c(=C\c3cccnc3)c(=O)n2C(N)=C(C#N)C1c1cccnc1. The third kappa shape index (κ3) is 3.72. The molecule has 0 saturated carbocycles. The van der Waals surface area contributed by atoms with E-state index < -0.39 is 17.4 Å². The highest BCUT2D eigenvalue weighted by atomic mass is 32.1. The summed E-state index contributed by atoms with van der Waals surface area (Å²) in [5, 5.41) is 9.93. The zero-order valence-corrected chi connectivity index (χ0v) is 18.2. The van der Waals surface area contributed by atoms with Crippen molar-refractivity contribution in [3.63, 3.8) is 0 Å². The van der Waals surface area contributed by atoms with E-state index in [1.807, 2.05) is 6.07 Å². The standard InChI is InChI=1S/C23H19N5O3S/c1-13(2)31-23(30)19-18(15-6-4-8-27-12-15)16(10-24)20(25)28-21(29)17(32-22(19)28)9-14-5-3-7-26-11-14/h3-9,11-13,18H,25H2,1-2H3/b17-9-. The van der Waals surface area contributed by atoms with Crippen molar-refractivity contribution in [3.8, 4) is 6.07 Å². The van der Waals surface area contributed by atoms with E-state index in [4.69, 9.17) is 10.5 Å². The summed E-state index contributed by atoms with van der Waals surface area (Å²) in [6.45, 7) is 3.47. The Kier molecular flexibility index (Phi) is 5.71. The first-order valence-electron chi connectivity index (χ1n) is 9.81. The first-order chi connectivity index (χ1) is 15.4. The zero-order valence-electron chi connectivity index (χ0n) is 17.4. The van der Waals surface area contributed by atoms with E-state index >= 15 is 0 Å². The zero-order chi connectivity index (χ0) is 22.8. The number of esters is 1. The molecular formula is C23H19N5O3S. The first-order valence-corrected chi connectivity index (χ1v) is 10.6. The Bertz CT molecular complexity index is 1430. The van der Waals surface area contributed by atoms with Crippen molar-refractivity contribution in [2.24, 2.45) is 5.73 Å². The number of hydrogen-bond donors (Lipinski definition) is 1. The van der Waals surface area contributed by atoms with Crippen molar-refractivity contribution < 1.29 is 9.53 Å². The van der Waals surface area contributed by atoms with Crippen molar-refractivity contribution in [1.29, 1.82) is 5.26 Å². The second kappa shape index (κ2) is 8.61. The molecule has 32 heavy (non-hydrogen) atoms. The number of nitrogens with zero attached hydrogens (tertiary/aromatic N) is 4. The molecule has 0 spiro atoms. The Morgan fingerprint density at radius 3 is 2.59 bits per heavy atom. The molecular weight excluding hydrogens is 426 g/mol. The minimum absolute atomic E-state index is 0.00969.